The van der Waals surface area contributed by atoms with Gasteiger partial charge in [0.25, 0.3) is 11.8 Å². The quantitative estimate of drug-likeness (QED) is 0.651. The highest BCUT2D eigenvalue weighted by Crippen LogP contribution is 2.23. The molecule has 0 bridgehead atoms. The topological polar surface area (TPSA) is 59.1 Å². The van der Waals surface area contributed by atoms with E-state index in [0.29, 0.717) is 36.6 Å². The maximum absolute atomic E-state index is 12.9. The van der Waals surface area contributed by atoms with Crippen LogP contribution in [0.2, 0.25) is 0 Å². The second kappa shape index (κ2) is 10.5. The summed E-state index contributed by atoms with van der Waals surface area (Å²) < 4.78 is 11.5. The van der Waals surface area contributed by atoms with E-state index in [0.717, 1.165) is 51.1 Å². The van der Waals surface area contributed by atoms with Gasteiger partial charge in [-0.25, -0.2) is 0 Å². The summed E-state index contributed by atoms with van der Waals surface area (Å²) in [5.41, 5.74) is 1.36. The van der Waals surface area contributed by atoms with E-state index in [4.69, 9.17) is 9.47 Å². The van der Waals surface area contributed by atoms with Crippen LogP contribution in [-0.4, -0.2) is 61.0 Å². The zero-order valence-electron chi connectivity index (χ0n) is 18.8. The van der Waals surface area contributed by atoms with E-state index >= 15 is 0 Å². The summed E-state index contributed by atoms with van der Waals surface area (Å²) in [5.74, 6) is 1.89. The van der Waals surface area contributed by atoms with E-state index in [-0.39, 0.29) is 17.7 Å². The molecule has 170 valence electrons. The minimum atomic E-state index is 0.0518. The fourth-order valence-corrected chi connectivity index (χ4v) is 4.46. The molecule has 0 saturated carbocycles. The highest BCUT2D eigenvalue weighted by Gasteiger charge is 2.25. The Kier molecular flexibility index (Phi) is 7.30. The van der Waals surface area contributed by atoms with Crippen molar-refractivity contribution in [1.29, 1.82) is 0 Å². The summed E-state index contributed by atoms with van der Waals surface area (Å²) in [7, 11) is 0. The van der Waals surface area contributed by atoms with E-state index in [9.17, 15) is 9.59 Å². The second-order valence-electron chi connectivity index (χ2n) is 8.55. The number of nitrogens with zero attached hydrogens (tertiary/aromatic N) is 2. The lowest BCUT2D eigenvalue weighted by Crippen LogP contribution is -2.41. The molecule has 0 N–H and O–H groups in total. The smallest absolute Gasteiger partial charge is 0.253 e. The Hall–Kier alpha value is -3.02. The minimum Gasteiger partial charge on any atom is -0.494 e. The number of carbonyl (C=O) groups excluding carboxylic acids is 2. The van der Waals surface area contributed by atoms with Crippen molar-refractivity contribution in [2.24, 2.45) is 5.92 Å². The van der Waals surface area contributed by atoms with Gasteiger partial charge in [0, 0.05) is 43.2 Å². The summed E-state index contributed by atoms with van der Waals surface area (Å²) in [6, 6.07) is 14.8. The summed E-state index contributed by atoms with van der Waals surface area (Å²) in [4.78, 5) is 29.4. The van der Waals surface area contributed by atoms with Crippen LogP contribution in [0, 0.1) is 5.92 Å². The van der Waals surface area contributed by atoms with Gasteiger partial charge in [0.15, 0.2) is 0 Å². The molecule has 1 atom stereocenters. The molecule has 2 heterocycles. The molecule has 2 aliphatic heterocycles. The fraction of sp³-hybridized carbons (Fsp3) is 0.462. The van der Waals surface area contributed by atoms with Gasteiger partial charge in [-0.3, -0.25) is 9.59 Å². The van der Waals surface area contributed by atoms with Gasteiger partial charge in [-0.1, -0.05) is 6.07 Å². The lowest BCUT2D eigenvalue weighted by atomic mass is 9.98. The average Bonchev–Trinajstić information content (AvgIpc) is 3.38. The van der Waals surface area contributed by atoms with Crippen LogP contribution in [0.5, 0.6) is 11.5 Å². The fourth-order valence-electron chi connectivity index (χ4n) is 4.46. The molecular weight excluding hydrogens is 404 g/mol. The SMILES string of the molecule is CCOc1ccc(C(=O)N2CCCC(COc3cccc(C(=O)N4CCCC4)c3)C2)cc1. The molecule has 2 aliphatic rings. The Morgan fingerprint density at radius 2 is 1.56 bits per heavy atom. The van der Waals surface area contributed by atoms with Crippen molar-refractivity contribution in [2.45, 2.75) is 32.6 Å². The number of rotatable bonds is 7. The van der Waals surface area contributed by atoms with Crippen LogP contribution in [0.3, 0.4) is 0 Å². The molecule has 0 aromatic heterocycles. The van der Waals surface area contributed by atoms with Crippen LogP contribution in [0.25, 0.3) is 0 Å². The molecule has 1 unspecified atom stereocenters. The molecule has 6 heteroatoms. The Morgan fingerprint density at radius 3 is 2.31 bits per heavy atom. The van der Waals surface area contributed by atoms with Gasteiger partial charge in [0.2, 0.25) is 0 Å². The number of benzene rings is 2. The number of hydrogen-bond donors (Lipinski definition) is 0. The average molecular weight is 437 g/mol. The van der Waals surface area contributed by atoms with Gasteiger partial charge in [0.1, 0.15) is 11.5 Å². The first-order valence-corrected chi connectivity index (χ1v) is 11.7. The van der Waals surface area contributed by atoms with E-state index in [1.54, 1.807) is 0 Å². The maximum atomic E-state index is 12.9. The van der Waals surface area contributed by atoms with Gasteiger partial charge in [-0.05, 0) is 75.1 Å². The molecule has 0 aliphatic carbocycles. The third-order valence-electron chi connectivity index (χ3n) is 6.18. The van der Waals surface area contributed by atoms with Gasteiger partial charge in [-0.15, -0.1) is 0 Å². The normalized spacial score (nSPS) is 18.5. The molecule has 2 aromatic carbocycles. The number of likely N-dealkylation sites (tertiary alicyclic amines) is 2. The number of piperidine rings is 1. The third-order valence-corrected chi connectivity index (χ3v) is 6.18. The highest BCUT2D eigenvalue weighted by atomic mass is 16.5. The highest BCUT2D eigenvalue weighted by molar-refractivity contribution is 5.95. The van der Waals surface area contributed by atoms with Crippen LogP contribution in [0.1, 0.15) is 53.3 Å². The van der Waals surface area contributed by atoms with E-state index in [1.807, 2.05) is 65.3 Å². The number of hydrogen-bond acceptors (Lipinski definition) is 4. The molecule has 0 spiro atoms. The Balaban J connectivity index is 1.32. The molecule has 0 radical (unpaired) electrons. The maximum Gasteiger partial charge on any atom is 0.253 e. The first-order valence-electron chi connectivity index (χ1n) is 11.7. The van der Waals surface area contributed by atoms with Crippen LogP contribution in [0.4, 0.5) is 0 Å². The molecular formula is C26H32N2O4. The first-order chi connectivity index (χ1) is 15.6. The predicted molar refractivity (Wildman–Crippen MR) is 123 cm³/mol. The predicted octanol–water partition coefficient (Wildman–Crippen LogP) is 4.25. The molecule has 32 heavy (non-hydrogen) atoms. The molecule has 4 rings (SSSR count). The molecule has 2 aromatic rings. The summed E-state index contributed by atoms with van der Waals surface area (Å²) in [5, 5.41) is 0. The number of ether oxygens (including phenoxy) is 2. The van der Waals surface area contributed by atoms with Crippen molar-refractivity contribution >= 4 is 11.8 Å². The van der Waals surface area contributed by atoms with Crippen LogP contribution >= 0.6 is 0 Å². The summed E-state index contributed by atoms with van der Waals surface area (Å²) in [6.07, 6.45) is 4.15. The first kappa shape index (κ1) is 22.2. The van der Waals surface area contributed by atoms with Crippen molar-refractivity contribution in [3.8, 4) is 11.5 Å². The zero-order chi connectivity index (χ0) is 22.3. The van der Waals surface area contributed by atoms with Crippen molar-refractivity contribution in [3.05, 3.63) is 59.7 Å². The lowest BCUT2D eigenvalue weighted by Gasteiger charge is -2.32. The van der Waals surface area contributed by atoms with Gasteiger partial charge >= 0.3 is 0 Å². The van der Waals surface area contributed by atoms with Gasteiger partial charge in [0.05, 0.1) is 13.2 Å². The van der Waals surface area contributed by atoms with Crippen LogP contribution < -0.4 is 9.47 Å². The van der Waals surface area contributed by atoms with Crippen molar-refractivity contribution in [3.63, 3.8) is 0 Å². The summed E-state index contributed by atoms with van der Waals surface area (Å²) in [6.45, 7) is 6.21. The summed E-state index contributed by atoms with van der Waals surface area (Å²) >= 11 is 0. The molecule has 2 fully saturated rings. The number of carbonyl (C=O) groups is 2. The second-order valence-corrected chi connectivity index (χ2v) is 8.55. The Bertz CT molecular complexity index is 922. The van der Waals surface area contributed by atoms with Gasteiger partial charge < -0.3 is 19.3 Å². The largest absolute Gasteiger partial charge is 0.494 e. The van der Waals surface area contributed by atoms with E-state index < -0.39 is 0 Å². The Morgan fingerprint density at radius 1 is 0.844 bits per heavy atom. The zero-order valence-corrected chi connectivity index (χ0v) is 18.8. The van der Waals surface area contributed by atoms with Crippen molar-refractivity contribution < 1.29 is 19.1 Å². The minimum absolute atomic E-state index is 0.0518. The molecule has 2 amide bonds. The molecule has 2 saturated heterocycles. The Labute approximate surface area is 190 Å². The van der Waals surface area contributed by atoms with Gasteiger partial charge in [-0.2, -0.15) is 0 Å². The van der Waals surface area contributed by atoms with E-state index in [2.05, 4.69) is 0 Å². The third kappa shape index (κ3) is 5.42. The van der Waals surface area contributed by atoms with E-state index in [1.165, 1.54) is 0 Å². The lowest BCUT2D eigenvalue weighted by molar-refractivity contribution is 0.0632. The van der Waals surface area contributed by atoms with Crippen LogP contribution in [-0.2, 0) is 0 Å². The monoisotopic (exact) mass is 436 g/mol. The number of amides is 2. The van der Waals surface area contributed by atoms with Crippen molar-refractivity contribution in [2.75, 3.05) is 39.4 Å². The standard InChI is InChI=1S/C26H32N2O4/c1-2-31-23-12-10-21(11-13-23)25(29)28-16-6-7-20(18-28)19-32-24-9-5-8-22(17-24)26(30)27-14-3-4-15-27/h5,8-13,17,20H,2-4,6-7,14-16,18-19H2,1H3. The molecule has 6 nitrogen and oxygen atoms in total. The van der Waals surface area contributed by atoms with Crippen LogP contribution in [0.15, 0.2) is 48.5 Å². The van der Waals surface area contributed by atoms with Crippen molar-refractivity contribution in [1.82, 2.24) is 9.80 Å².